The Labute approximate surface area is 556 Å². The number of carbonyl (C=O) groups is 4. The van der Waals surface area contributed by atoms with E-state index < -0.39 is 97.5 Å². The predicted molar refractivity (Wildman–Crippen MR) is 368 cm³/mol. The van der Waals surface area contributed by atoms with Crippen LogP contribution >= 0.6 is 15.6 Å². The Balaban J connectivity index is 5.12. The van der Waals surface area contributed by atoms with Crippen molar-refractivity contribution in [3.05, 3.63) is 0 Å². The van der Waals surface area contributed by atoms with Gasteiger partial charge in [0, 0.05) is 25.7 Å². The number of ether oxygens (including phenoxy) is 4. The monoisotopic (exact) mass is 1340 g/mol. The van der Waals surface area contributed by atoms with E-state index in [1.165, 1.54) is 173 Å². The maximum atomic E-state index is 13.0. The summed E-state index contributed by atoms with van der Waals surface area (Å²) in [5.74, 6) is -0.590. The van der Waals surface area contributed by atoms with Gasteiger partial charge in [-0.05, 0) is 37.5 Å². The van der Waals surface area contributed by atoms with Crippen molar-refractivity contribution in [2.75, 3.05) is 39.6 Å². The van der Waals surface area contributed by atoms with E-state index in [2.05, 4.69) is 41.5 Å². The van der Waals surface area contributed by atoms with Gasteiger partial charge in [0.1, 0.15) is 19.3 Å². The summed E-state index contributed by atoms with van der Waals surface area (Å²) < 4.78 is 68.2. The Hall–Kier alpha value is -1.94. The van der Waals surface area contributed by atoms with Gasteiger partial charge >= 0.3 is 39.5 Å². The van der Waals surface area contributed by atoms with Gasteiger partial charge in [-0.25, -0.2) is 9.13 Å². The summed E-state index contributed by atoms with van der Waals surface area (Å²) in [5.41, 5.74) is 0. The minimum absolute atomic E-state index is 0.102. The second kappa shape index (κ2) is 64.1. The van der Waals surface area contributed by atoms with Crippen LogP contribution in [0.2, 0.25) is 0 Å². The maximum Gasteiger partial charge on any atom is 0.472 e. The quantitative estimate of drug-likeness (QED) is 0.0222. The molecule has 0 rings (SSSR count). The smallest absolute Gasteiger partial charge is 0.462 e. The minimum Gasteiger partial charge on any atom is -0.462 e. The van der Waals surface area contributed by atoms with Crippen LogP contribution < -0.4 is 0 Å². The van der Waals surface area contributed by atoms with Gasteiger partial charge in [0.15, 0.2) is 12.2 Å². The summed E-state index contributed by atoms with van der Waals surface area (Å²) in [6.45, 7) is 9.49. The molecule has 0 fully saturated rings. The van der Waals surface area contributed by atoms with Crippen molar-refractivity contribution in [1.29, 1.82) is 0 Å². The average Bonchev–Trinajstić information content (AvgIpc) is 3.71. The number of rotatable bonds is 71. The number of aliphatic hydroxyl groups is 1. The fraction of sp³-hybridized carbons (Fsp3) is 0.944. The highest BCUT2D eigenvalue weighted by molar-refractivity contribution is 7.47. The van der Waals surface area contributed by atoms with Crippen molar-refractivity contribution in [1.82, 2.24) is 0 Å². The Morgan fingerprint density at radius 2 is 0.560 bits per heavy atom. The van der Waals surface area contributed by atoms with Crippen molar-refractivity contribution in [2.24, 2.45) is 11.8 Å². The molecule has 6 atom stereocenters. The van der Waals surface area contributed by atoms with Crippen LogP contribution in [0.5, 0.6) is 0 Å². The van der Waals surface area contributed by atoms with E-state index in [4.69, 9.17) is 37.0 Å². The Bertz CT molecular complexity index is 1770. The first kappa shape index (κ1) is 89.1. The van der Waals surface area contributed by atoms with Gasteiger partial charge in [0.2, 0.25) is 0 Å². The number of unbranched alkanes of at least 4 members (excludes halogenated alkanes) is 40. The second-order valence-electron chi connectivity index (χ2n) is 26.7. The lowest BCUT2D eigenvalue weighted by molar-refractivity contribution is -0.161. The van der Waals surface area contributed by atoms with Crippen molar-refractivity contribution in [3.8, 4) is 0 Å². The molecule has 0 spiro atoms. The highest BCUT2D eigenvalue weighted by atomic mass is 31.2. The molecule has 3 N–H and O–H groups in total. The van der Waals surface area contributed by atoms with Crippen LogP contribution in [0.3, 0.4) is 0 Å². The molecule has 0 bridgehead atoms. The zero-order chi connectivity index (χ0) is 67.2. The third-order valence-corrected chi connectivity index (χ3v) is 19.0. The number of hydrogen-bond acceptors (Lipinski definition) is 15. The van der Waals surface area contributed by atoms with Crippen molar-refractivity contribution < 1.29 is 80.2 Å². The van der Waals surface area contributed by atoms with E-state index in [0.717, 1.165) is 109 Å². The van der Waals surface area contributed by atoms with Gasteiger partial charge in [-0.2, -0.15) is 0 Å². The molecular formula is C72H140O17P2. The lowest BCUT2D eigenvalue weighted by Crippen LogP contribution is -2.30. The zero-order valence-corrected chi connectivity index (χ0v) is 60.9. The van der Waals surface area contributed by atoms with E-state index >= 15 is 0 Å². The summed E-state index contributed by atoms with van der Waals surface area (Å²) in [4.78, 5) is 72.4. The molecular weight excluding hydrogens is 1200 g/mol. The fourth-order valence-corrected chi connectivity index (χ4v) is 12.5. The van der Waals surface area contributed by atoms with E-state index in [1.54, 1.807) is 0 Å². The van der Waals surface area contributed by atoms with Gasteiger partial charge in [-0.15, -0.1) is 0 Å². The SMILES string of the molecule is CCCCCCCCCCCCCCCC(=O)OC[C@H](COP(=O)(O)OC[C@@H](O)COP(=O)(O)OC[C@@H](COC(=O)CCCCCCCCC)OC(=O)CCCCCCCCC(C)C)OC(=O)CCCCCCCCCCCCCCCCCCCCC(C)CC. The van der Waals surface area contributed by atoms with Gasteiger partial charge in [-0.1, -0.05) is 318 Å². The van der Waals surface area contributed by atoms with Crippen molar-refractivity contribution in [2.45, 2.75) is 387 Å². The molecule has 0 radical (unpaired) electrons. The highest BCUT2D eigenvalue weighted by Crippen LogP contribution is 2.45. The molecule has 0 amide bonds. The second-order valence-corrected chi connectivity index (χ2v) is 29.6. The summed E-state index contributed by atoms with van der Waals surface area (Å²) in [6.07, 6.45) is 50.3. The van der Waals surface area contributed by atoms with E-state index in [9.17, 15) is 43.2 Å². The van der Waals surface area contributed by atoms with Gasteiger partial charge in [-0.3, -0.25) is 37.3 Å². The molecule has 540 valence electrons. The van der Waals surface area contributed by atoms with Crippen LogP contribution in [0, 0.1) is 11.8 Å². The number of aliphatic hydroxyl groups excluding tert-OH is 1. The maximum absolute atomic E-state index is 13.0. The van der Waals surface area contributed by atoms with E-state index in [1.807, 2.05) is 0 Å². The number of hydrogen-bond donors (Lipinski definition) is 3. The molecule has 0 aromatic rings. The zero-order valence-electron chi connectivity index (χ0n) is 59.1. The largest absolute Gasteiger partial charge is 0.472 e. The molecule has 0 aromatic carbocycles. The van der Waals surface area contributed by atoms with Crippen LogP contribution in [0.25, 0.3) is 0 Å². The summed E-state index contributed by atoms with van der Waals surface area (Å²) in [5, 5.41) is 10.6. The first-order chi connectivity index (χ1) is 43.9. The number of phosphoric ester groups is 2. The molecule has 0 saturated carbocycles. The molecule has 0 saturated heterocycles. The molecule has 19 heteroatoms. The lowest BCUT2D eigenvalue weighted by Gasteiger charge is -2.21. The van der Waals surface area contributed by atoms with Crippen LogP contribution in [0.1, 0.15) is 369 Å². The molecule has 17 nitrogen and oxygen atoms in total. The third-order valence-electron chi connectivity index (χ3n) is 17.1. The Morgan fingerprint density at radius 1 is 0.319 bits per heavy atom. The summed E-state index contributed by atoms with van der Waals surface area (Å²) in [6, 6.07) is 0. The average molecular weight is 1340 g/mol. The molecule has 0 aliphatic carbocycles. The van der Waals surface area contributed by atoms with Crippen LogP contribution in [-0.4, -0.2) is 96.7 Å². The van der Waals surface area contributed by atoms with Crippen LogP contribution in [-0.2, 0) is 65.4 Å². The third kappa shape index (κ3) is 65.1. The van der Waals surface area contributed by atoms with Gasteiger partial charge < -0.3 is 33.8 Å². The van der Waals surface area contributed by atoms with E-state index in [0.29, 0.717) is 31.6 Å². The molecule has 0 aliphatic rings. The number of phosphoric acid groups is 2. The Kier molecular flexibility index (Phi) is 62.7. The standard InChI is InChI=1S/C72H140O17P2/c1-7-10-12-14-16-17-18-25-29-32-36-43-49-55-70(75)83-61-67(88-71(76)56-50-44-37-33-30-27-24-22-20-19-21-23-26-28-31-35-41-47-53-65(6)9-3)62-86-90(78,79)84-58-66(73)59-85-91(80,81)87-63-68(60-82-69(74)54-48-42-34-15-13-11-8-2)89-72(77)57-51-45-39-38-40-46-52-64(4)5/h64-68,73H,7-63H2,1-6H3,(H,78,79)(H,80,81)/t65?,66-,67-,68-/m1/s1. The molecule has 3 unspecified atom stereocenters. The molecule has 0 aliphatic heterocycles. The minimum atomic E-state index is -4.95. The lowest BCUT2D eigenvalue weighted by atomic mass is 9.99. The first-order valence-electron chi connectivity index (χ1n) is 37.5. The first-order valence-corrected chi connectivity index (χ1v) is 40.5. The molecule has 0 aromatic heterocycles. The summed E-state index contributed by atoms with van der Waals surface area (Å²) >= 11 is 0. The van der Waals surface area contributed by atoms with Gasteiger partial charge in [0.05, 0.1) is 26.4 Å². The molecule has 91 heavy (non-hydrogen) atoms. The normalized spacial score (nSPS) is 14.4. The van der Waals surface area contributed by atoms with Crippen LogP contribution in [0.4, 0.5) is 0 Å². The highest BCUT2D eigenvalue weighted by Gasteiger charge is 2.30. The van der Waals surface area contributed by atoms with E-state index in [-0.39, 0.29) is 25.7 Å². The van der Waals surface area contributed by atoms with Crippen LogP contribution in [0.15, 0.2) is 0 Å². The molecule has 0 heterocycles. The van der Waals surface area contributed by atoms with Crippen molar-refractivity contribution in [3.63, 3.8) is 0 Å². The predicted octanol–water partition coefficient (Wildman–Crippen LogP) is 20.8. The Morgan fingerprint density at radius 3 is 0.835 bits per heavy atom. The van der Waals surface area contributed by atoms with Gasteiger partial charge in [0.25, 0.3) is 0 Å². The van der Waals surface area contributed by atoms with Crippen molar-refractivity contribution >= 4 is 39.5 Å². The summed E-state index contributed by atoms with van der Waals surface area (Å²) in [7, 11) is -9.89. The topological polar surface area (TPSA) is 237 Å². The fourth-order valence-electron chi connectivity index (χ4n) is 10.9. The number of carbonyl (C=O) groups excluding carboxylic acids is 4. The number of esters is 4.